The molecule has 1 N–H and O–H groups in total. The van der Waals surface area contributed by atoms with E-state index >= 15 is 0 Å². The van der Waals surface area contributed by atoms with Crippen LogP contribution in [0.5, 0.6) is 5.75 Å². The lowest BCUT2D eigenvalue weighted by molar-refractivity contribution is 0.414. The third-order valence-corrected chi connectivity index (χ3v) is 5.67. The molecule has 0 fully saturated rings. The summed E-state index contributed by atoms with van der Waals surface area (Å²) in [4.78, 5) is 21.2. The van der Waals surface area contributed by atoms with Crippen molar-refractivity contribution in [2.24, 2.45) is 0 Å². The molecule has 1 aliphatic heterocycles. The Morgan fingerprint density at radius 1 is 1.03 bits per heavy atom. The number of aromatic nitrogens is 4. The van der Waals surface area contributed by atoms with Crippen molar-refractivity contribution < 1.29 is 4.74 Å². The van der Waals surface area contributed by atoms with Crippen LogP contribution in [-0.4, -0.2) is 34.1 Å². The molecule has 0 bridgehead atoms. The molecule has 3 heterocycles. The van der Waals surface area contributed by atoms with Gasteiger partial charge in [-0.3, -0.25) is 0 Å². The van der Waals surface area contributed by atoms with Crippen molar-refractivity contribution in [3.63, 3.8) is 0 Å². The molecule has 29 heavy (non-hydrogen) atoms. The van der Waals surface area contributed by atoms with Gasteiger partial charge in [0.1, 0.15) is 17.4 Å². The molecule has 0 atom stereocenters. The predicted molar refractivity (Wildman–Crippen MR) is 111 cm³/mol. The minimum Gasteiger partial charge on any atom is -0.497 e. The fraction of sp³-hybridized carbons (Fsp3) is 0.364. The molecule has 7 nitrogen and oxygen atoms in total. The molecule has 2 aliphatic rings. The highest BCUT2D eigenvalue weighted by atomic mass is 16.5. The zero-order chi connectivity index (χ0) is 19.8. The van der Waals surface area contributed by atoms with Crippen LogP contribution in [-0.2, 0) is 32.4 Å². The summed E-state index contributed by atoms with van der Waals surface area (Å²) in [6.45, 7) is 1.47. The van der Waals surface area contributed by atoms with Gasteiger partial charge in [-0.25, -0.2) is 15.0 Å². The summed E-state index contributed by atoms with van der Waals surface area (Å²) in [7, 11) is 3.61. The molecule has 0 saturated heterocycles. The zero-order valence-electron chi connectivity index (χ0n) is 16.8. The van der Waals surface area contributed by atoms with Crippen LogP contribution in [0.15, 0.2) is 30.5 Å². The van der Waals surface area contributed by atoms with Crippen molar-refractivity contribution in [3.05, 3.63) is 64.4 Å². The number of hydrogen-bond donors (Lipinski definition) is 1. The predicted octanol–water partition coefficient (Wildman–Crippen LogP) is 2.92. The lowest BCUT2D eigenvalue weighted by atomic mass is 10.1. The van der Waals surface area contributed by atoms with Gasteiger partial charge in [0, 0.05) is 37.3 Å². The molecule has 1 aromatic carbocycles. The van der Waals surface area contributed by atoms with Crippen molar-refractivity contribution in [2.75, 3.05) is 24.4 Å². The SMILES string of the molecule is CNc1nc(N2Cc3cnc(Cc4ccc(OC)cc4)nc3C2)nc2c1CCC2. The van der Waals surface area contributed by atoms with Gasteiger partial charge in [0.05, 0.1) is 25.0 Å². The second kappa shape index (κ2) is 7.31. The van der Waals surface area contributed by atoms with Gasteiger partial charge in [-0.1, -0.05) is 12.1 Å². The van der Waals surface area contributed by atoms with E-state index in [9.17, 15) is 0 Å². The standard InChI is InChI=1S/C22H24N6O/c1-23-21-17-4-3-5-18(17)26-22(27-21)28-12-15-11-24-20(25-19(15)13-28)10-14-6-8-16(29-2)9-7-14/h6-9,11H,3-5,10,12-13H2,1-2H3,(H,23,26,27). The normalized spacial score (nSPS) is 14.6. The van der Waals surface area contributed by atoms with Crippen molar-refractivity contribution in [2.45, 2.75) is 38.8 Å². The second-order valence-electron chi connectivity index (χ2n) is 7.54. The van der Waals surface area contributed by atoms with E-state index in [-0.39, 0.29) is 0 Å². The first-order valence-electron chi connectivity index (χ1n) is 10.0. The Morgan fingerprint density at radius 3 is 2.69 bits per heavy atom. The Kier molecular flexibility index (Phi) is 4.50. The molecule has 2 aromatic heterocycles. The van der Waals surface area contributed by atoms with Crippen LogP contribution >= 0.6 is 0 Å². The number of nitrogens with zero attached hydrogens (tertiary/aromatic N) is 5. The van der Waals surface area contributed by atoms with Gasteiger partial charge in [0.2, 0.25) is 5.95 Å². The minimum atomic E-state index is 0.705. The maximum atomic E-state index is 5.22. The van der Waals surface area contributed by atoms with E-state index in [1.54, 1.807) is 7.11 Å². The Balaban J connectivity index is 1.36. The Labute approximate surface area is 170 Å². The van der Waals surface area contributed by atoms with E-state index in [0.717, 1.165) is 66.9 Å². The number of hydrogen-bond acceptors (Lipinski definition) is 7. The van der Waals surface area contributed by atoms with Gasteiger partial charge >= 0.3 is 0 Å². The number of methoxy groups -OCH3 is 1. The van der Waals surface area contributed by atoms with Crippen molar-refractivity contribution in [1.82, 2.24) is 19.9 Å². The second-order valence-corrected chi connectivity index (χ2v) is 7.54. The minimum absolute atomic E-state index is 0.705. The highest BCUT2D eigenvalue weighted by molar-refractivity contribution is 5.53. The van der Waals surface area contributed by atoms with E-state index < -0.39 is 0 Å². The number of anilines is 2. The Bertz CT molecular complexity index is 1050. The molecule has 3 aromatic rings. The van der Waals surface area contributed by atoms with Gasteiger partial charge in [-0.2, -0.15) is 4.98 Å². The molecular weight excluding hydrogens is 364 g/mol. The lowest BCUT2D eigenvalue weighted by Crippen LogP contribution is -2.19. The molecule has 0 saturated carbocycles. The van der Waals surface area contributed by atoms with Crippen LogP contribution in [0.25, 0.3) is 0 Å². The monoisotopic (exact) mass is 388 g/mol. The fourth-order valence-corrected chi connectivity index (χ4v) is 4.11. The number of benzene rings is 1. The van der Waals surface area contributed by atoms with Crippen molar-refractivity contribution in [1.29, 1.82) is 0 Å². The van der Waals surface area contributed by atoms with E-state index in [2.05, 4.69) is 27.3 Å². The van der Waals surface area contributed by atoms with Crippen molar-refractivity contribution in [3.8, 4) is 5.75 Å². The quantitative estimate of drug-likeness (QED) is 0.720. The highest BCUT2D eigenvalue weighted by Gasteiger charge is 2.26. The summed E-state index contributed by atoms with van der Waals surface area (Å²) in [5, 5.41) is 3.24. The molecule has 1 aliphatic carbocycles. The van der Waals surface area contributed by atoms with Gasteiger partial charge in [-0.05, 0) is 37.0 Å². The van der Waals surface area contributed by atoms with Crippen LogP contribution in [0.1, 0.15) is 40.3 Å². The third-order valence-electron chi connectivity index (χ3n) is 5.67. The average Bonchev–Trinajstić information content (AvgIpc) is 3.40. The lowest BCUT2D eigenvalue weighted by Gasteiger charge is -2.17. The van der Waals surface area contributed by atoms with Crippen LogP contribution in [0.3, 0.4) is 0 Å². The molecule has 148 valence electrons. The third kappa shape index (κ3) is 3.37. The van der Waals surface area contributed by atoms with Crippen LogP contribution in [0.4, 0.5) is 11.8 Å². The molecule has 0 amide bonds. The molecule has 0 spiro atoms. The molecular formula is C22H24N6O. The zero-order valence-corrected chi connectivity index (χ0v) is 16.8. The molecule has 0 radical (unpaired) electrons. The summed E-state index contributed by atoms with van der Waals surface area (Å²) in [5.41, 5.74) is 5.84. The molecule has 7 heteroatoms. The molecule has 0 unspecified atom stereocenters. The smallest absolute Gasteiger partial charge is 0.228 e. The number of ether oxygens (including phenoxy) is 1. The maximum Gasteiger partial charge on any atom is 0.228 e. The number of fused-ring (bicyclic) bond motifs is 2. The largest absolute Gasteiger partial charge is 0.497 e. The first-order chi connectivity index (χ1) is 14.2. The first-order valence-corrected chi connectivity index (χ1v) is 10.0. The summed E-state index contributed by atoms with van der Waals surface area (Å²) in [6, 6.07) is 8.04. The summed E-state index contributed by atoms with van der Waals surface area (Å²) in [6.07, 6.45) is 5.91. The van der Waals surface area contributed by atoms with Gasteiger partial charge in [-0.15, -0.1) is 0 Å². The Morgan fingerprint density at radius 2 is 1.90 bits per heavy atom. The average molecular weight is 388 g/mol. The van der Waals surface area contributed by atoms with Gasteiger partial charge in [0.25, 0.3) is 0 Å². The number of nitrogens with one attached hydrogen (secondary N) is 1. The van der Waals surface area contributed by atoms with Crippen LogP contribution in [0, 0.1) is 0 Å². The summed E-state index contributed by atoms with van der Waals surface area (Å²) in [5.74, 6) is 3.44. The van der Waals surface area contributed by atoms with E-state index in [1.165, 1.54) is 16.8 Å². The first kappa shape index (κ1) is 17.8. The summed E-state index contributed by atoms with van der Waals surface area (Å²) < 4.78 is 5.22. The molecule has 5 rings (SSSR count). The van der Waals surface area contributed by atoms with Crippen molar-refractivity contribution >= 4 is 11.8 Å². The Hall–Kier alpha value is -3.22. The summed E-state index contributed by atoms with van der Waals surface area (Å²) >= 11 is 0. The number of aryl methyl sites for hydroxylation is 1. The van der Waals surface area contributed by atoms with E-state index in [4.69, 9.17) is 19.7 Å². The number of rotatable bonds is 5. The van der Waals surface area contributed by atoms with Crippen LogP contribution < -0.4 is 15.0 Å². The maximum absolute atomic E-state index is 5.22. The van der Waals surface area contributed by atoms with Gasteiger partial charge in [0.15, 0.2) is 0 Å². The van der Waals surface area contributed by atoms with E-state index in [0.29, 0.717) is 6.42 Å². The fourth-order valence-electron chi connectivity index (χ4n) is 4.11. The highest BCUT2D eigenvalue weighted by Crippen LogP contribution is 2.31. The topological polar surface area (TPSA) is 76.1 Å². The van der Waals surface area contributed by atoms with E-state index in [1.807, 2.05) is 25.4 Å². The van der Waals surface area contributed by atoms with Crippen LogP contribution in [0.2, 0.25) is 0 Å². The van der Waals surface area contributed by atoms with Gasteiger partial charge < -0.3 is 15.0 Å².